The second-order valence-corrected chi connectivity index (χ2v) is 4.57. The standard InChI is InChI=1S/C14H17N5/c1-18-13(6-8-16-18)5-7-15-10-12-11-19-9-3-2-4-14(19)17-12/h2-4,6,8-9,11,15H,5,7,10H2,1H3. The highest BCUT2D eigenvalue weighted by atomic mass is 15.3. The van der Waals surface area contributed by atoms with Crippen molar-refractivity contribution in [3.05, 3.63) is 54.2 Å². The fourth-order valence-electron chi connectivity index (χ4n) is 2.15. The molecule has 0 aliphatic rings. The molecule has 3 aromatic heterocycles. The molecular formula is C14H17N5. The molecule has 1 N–H and O–H groups in total. The summed E-state index contributed by atoms with van der Waals surface area (Å²) in [5.74, 6) is 0. The van der Waals surface area contributed by atoms with Crippen LogP contribution in [0.2, 0.25) is 0 Å². The van der Waals surface area contributed by atoms with Crippen molar-refractivity contribution in [2.45, 2.75) is 13.0 Å². The largest absolute Gasteiger partial charge is 0.311 e. The van der Waals surface area contributed by atoms with Gasteiger partial charge in [0.05, 0.1) is 5.69 Å². The van der Waals surface area contributed by atoms with Crippen molar-refractivity contribution in [1.29, 1.82) is 0 Å². The van der Waals surface area contributed by atoms with Gasteiger partial charge >= 0.3 is 0 Å². The Morgan fingerprint density at radius 2 is 2.21 bits per heavy atom. The van der Waals surface area contributed by atoms with Gasteiger partial charge in [-0.2, -0.15) is 5.10 Å². The third kappa shape index (κ3) is 2.66. The van der Waals surface area contributed by atoms with Crippen LogP contribution in [0.15, 0.2) is 42.9 Å². The van der Waals surface area contributed by atoms with Crippen LogP contribution in [0, 0.1) is 0 Å². The first kappa shape index (κ1) is 11.9. The summed E-state index contributed by atoms with van der Waals surface area (Å²) in [5.41, 5.74) is 3.30. The van der Waals surface area contributed by atoms with E-state index in [9.17, 15) is 0 Å². The maximum atomic E-state index is 4.55. The Bertz CT molecular complexity index is 634. The van der Waals surface area contributed by atoms with Crippen LogP contribution in [0.1, 0.15) is 11.4 Å². The van der Waals surface area contributed by atoms with Gasteiger partial charge < -0.3 is 9.72 Å². The van der Waals surface area contributed by atoms with Crippen LogP contribution < -0.4 is 5.32 Å². The van der Waals surface area contributed by atoms with E-state index in [-0.39, 0.29) is 0 Å². The maximum Gasteiger partial charge on any atom is 0.137 e. The first-order valence-corrected chi connectivity index (χ1v) is 6.43. The van der Waals surface area contributed by atoms with E-state index in [1.54, 1.807) is 0 Å². The number of hydrogen-bond donors (Lipinski definition) is 1. The van der Waals surface area contributed by atoms with Gasteiger partial charge in [-0.25, -0.2) is 4.98 Å². The van der Waals surface area contributed by atoms with Gasteiger partial charge in [0, 0.05) is 50.8 Å². The molecule has 0 amide bonds. The molecule has 0 saturated heterocycles. The lowest BCUT2D eigenvalue weighted by Gasteiger charge is -2.03. The summed E-state index contributed by atoms with van der Waals surface area (Å²) < 4.78 is 3.95. The van der Waals surface area contributed by atoms with E-state index in [1.807, 2.05) is 52.8 Å². The lowest BCUT2D eigenvalue weighted by atomic mass is 10.3. The van der Waals surface area contributed by atoms with Crippen LogP contribution in [0.4, 0.5) is 0 Å². The lowest BCUT2D eigenvalue weighted by molar-refractivity contribution is 0.638. The minimum atomic E-state index is 0.791. The van der Waals surface area contributed by atoms with Crippen molar-refractivity contribution in [2.75, 3.05) is 6.54 Å². The minimum Gasteiger partial charge on any atom is -0.311 e. The molecule has 0 radical (unpaired) electrons. The molecule has 0 spiro atoms. The van der Waals surface area contributed by atoms with E-state index >= 15 is 0 Å². The van der Waals surface area contributed by atoms with E-state index in [0.717, 1.165) is 30.9 Å². The smallest absolute Gasteiger partial charge is 0.137 e. The van der Waals surface area contributed by atoms with Crippen molar-refractivity contribution < 1.29 is 0 Å². The molecule has 98 valence electrons. The van der Waals surface area contributed by atoms with Crippen LogP contribution in [-0.4, -0.2) is 25.7 Å². The number of nitrogens with zero attached hydrogens (tertiary/aromatic N) is 4. The van der Waals surface area contributed by atoms with E-state index < -0.39 is 0 Å². The van der Waals surface area contributed by atoms with Gasteiger partial charge in [0.1, 0.15) is 5.65 Å². The number of aryl methyl sites for hydroxylation is 1. The van der Waals surface area contributed by atoms with Crippen LogP contribution >= 0.6 is 0 Å². The Hall–Kier alpha value is -2.14. The summed E-state index contributed by atoms with van der Waals surface area (Å²) in [5, 5.41) is 7.57. The van der Waals surface area contributed by atoms with E-state index in [0.29, 0.717) is 0 Å². The van der Waals surface area contributed by atoms with Gasteiger partial charge in [-0.05, 0) is 18.2 Å². The quantitative estimate of drug-likeness (QED) is 0.701. The van der Waals surface area contributed by atoms with Crippen LogP contribution in [0.3, 0.4) is 0 Å². The molecule has 0 saturated carbocycles. The zero-order valence-corrected chi connectivity index (χ0v) is 11.0. The molecule has 0 fully saturated rings. The third-order valence-electron chi connectivity index (χ3n) is 3.20. The third-order valence-corrected chi connectivity index (χ3v) is 3.20. The highest BCUT2D eigenvalue weighted by molar-refractivity contribution is 5.39. The molecule has 0 unspecified atom stereocenters. The second-order valence-electron chi connectivity index (χ2n) is 4.57. The van der Waals surface area contributed by atoms with Crippen LogP contribution in [0.25, 0.3) is 5.65 Å². The van der Waals surface area contributed by atoms with E-state index in [2.05, 4.69) is 21.6 Å². The summed E-state index contributed by atoms with van der Waals surface area (Å²) in [7, 11) is 1.97. The molecule has 0 atom stereocenters. The molecular weight excluding hydrogens is 238 g/mol. The predicted molar refractivity (Wildman–Crippen MR) is 73.8 cm³/mol. The molecule has 0 bridgehead atoms. The monoisotopic (exact) mass is 255 g/mol. The number of aromatic nitrogens is 4. The van der Waals surface area contributed by atoms with Crippen molar-refractivity contribution in [3.63, 3.8) is 0 Å². The topological polar surface area (TPSA) is 47.2 Å². The van der Waals surface area contributed by atoms with Crippen LogP contribution in [0.5, 0.6) is 0 Å². The van der Waals surface area contributed by atoms with E-state index in [4.69, 9.17) is 0 Å². The summed E-state index contributed by atoms with van der Waals surface area (Å²) >= 11 is 0. The number of rotatable bonds is 5. The average molecular weight is 255 g/mol. The fraction of sp³-hybridized carbons (Fsp3) is 0.286. The molecule has 0 aliphatic carbocycles. The zero-order chi connectivity index (χ0) is 13.1. The SMILES string of the molecule is Cn1nccc1CCNCc1cn2ccccc2n1. The Morgan fingerprint density at radius 1 is 1.26 bits per heavy atom. The Morgan fingerprint density at radius 3 is 3.00 bits per heavy atom. The number of nitrogens with one attached hydrogen (secondary N) is 1. The van der Waals surface area contributed by atoms with Crippen LogP contribution in [-0.2, 0) is 20.0 Å². The number of hydrogen-bond acceptors (Lipinski definition) is 3. The maximum absolute atomic E-state index is 4.55. The van der Waals surface area contributed by atoms with Crippen molar-refractivity contribution >= 4 is 5.65 Å². The molecule has 0 aromatic carbocycles. The van der Waals surface area contributed by atoms with Gasteiger partial charge in [-0.15, -0.1) is 0 Å². The number of imidazole rings is 1. The Balaban J connectivity index is 1.53. The first-order valence-electron chi connectivity index (χ1n) is 6.43. The predicted octanol–water partition coefficient (Wildman–Crippen LogP) is 1.40. The zero-order valence-electron chi connectivity index (χ0n) is 11.0. The summed E-state index contributed by atoms with van der Waals surface area (Å²) in [6.45, 7) is 1.72. The molecule has 5 nitrogen and oxygen atoms in total. The second kappa shape index (κ2) is 5.24. The summed E-state index contributed by atoms with van der Waals surface area (Å²) in [6.07, 6.45) is 6.88. The van der Waals surface area contributed by atoms with Crippen molar-refractivity contribution in [3.8, 4) is 0 Å². The molecule has 3 rings (SSSR count). The van der Waals surface area contributed by atoms with Gasteiger partial charge in [-0.1, -0.05) is 6.07 Å². The highest BCUT2D eigenvalue weighted by Gasteiger charge is 2.01. The van der Waals surface area contributed by atoms with Crippen molar-refractivity contribution in [1.82, 2.24) is 24.5 Å². The Labute approximate surface area is 111 Å². The number of pyridine rings is 1. The molecule has 5 heteroatoms. The fourth-order valence-corrected chi connectivity index (χ4v) is 2.15. The lowest BCUT2D eigenvalue weighted by Crippen LogP contribution is -2.18. The van der Waals surface area contributed by atoms with Gasteiger partial charge in [0.25, 0.3) is 0 Å². The first-order chi connectivity index (χ1) is 9.33. The molecule has 3 heterocycles. The van der Waals surface area contributed by atoms with Gasteiger partial charge in [-0.3, -0.25) is 4.68 Å². The minimum absolute atomic E-state index is 0.791. The van der Waals surface area contributed by atoms with Gasteiger partial charge in [0.2, 0.25) is 0 Å². The highest BCUT2D eigenvalue weighted by Crippen LogP contribution is 2.04. The van der Waals surface area contributed by atoms with E-state index in [1.165, 1.54) is 5.69 Å². The number of fused-ring (bicyclic) bond motifs is 1. The van der Waals surface area contributed by atoms with Crippen molar-refractivity contribution in [2.24, 2.45) is 7.05 Å². The Kier molecular flexibility index (Phi) is 3.29. The molecule has 0 aliphatic heterocycles. The average Bonchev–Trinajstić information content (AvgIpc) is 3.00. The van der Waals surface area contributed by atoms with Gasteiger partial charge in [0.15, 0.2) is 0 Å². The summed E-state index contributed by atoms with van der Waals surface area (Å²) in [4.78, 5) is 4.55. The normalized spacial score (nSPS) is 11.2. The summed E-state index contributed by atoms with van der Waals surface area (Å²) in [6, 6.07) is 8.07. The molecule has 19 heavy (non-hydrogen) atoms. The molecule has 3 aromatic rings.